The quantitative estimate of drug-likeness (QED) is 0.479. The summed E-state index contributed by atoms with van der Waals surface area (Å²) in [7, 11) is 0. The summed E-state index contributed by atoms with van der Waals surface area (Å²) in [4.78, 5) is 34.7. The van der Waals surface area contributed by atoms with Crippen LogP contribution in [0.5, 0.6) is 0 Å². The number of anilines is 1. The van der Waals surface area contributed by atoms with E-state index >= 15 is 0 Å². The molecular weight excluding hydrogens is 386 g/mol. The van der Waals surface area contributed by atoms with Gasteiger partial charge in [-0.25, -0.2) is 0 Å². The van der Waals surface area contributed by atoms with Gasteiger partial charge in [0.1, 0.15) is 4.92 Å². The van der Waals surface area contributed by atoms with Crippen molar-refractivity contribution in [2.75, 3.05) is 5.32 Å². The molecule has 3 aromatic rings. The van der Waals surface area contributed by atoms with Crippen LogP contribution in [0.25, 0.3) is 0 Å². The van der Waals surface area contributed by atoms with Crippen LogP contribution >= 0.6 is 11.6 Å². The fraction of sp³-hybridized carbons (Fsp3) is 0.0526. The Morgan fingerprint density at radius 2 is 1.82 bits per heavy atom. The normalized spacial score (nSPS) is 10.3. The second-order valence-corrected chi connectivity index (χ2v) is 6.14. The molecule has 0 saturated heterocycles. The van der Waals surface area contributed by atoms with Crippen molar-refractivity contribution in [2.24, 2.45) is 0 Å². The molecule has 0 fully saturated rings. The van der Waals surface area contributed by atoms with Gasteiger partial charge in [-0.3, -0.25) is 19.7 Å². The number of hydrogen-bond donors (Lipinski definition) is 2. The van der Waals surface area contributed by atoms with Gasteiger partial charge in [-0.1, -0.05) is 35.9 Å². The van der Waals surface area contributed by atoms with Crippen LogP contribution in [0, 0.1) is 10.1 Å². The Kier molecular flexibility index (Phi) is 5.71. The highest BCUT2D eigenvalue weighted by atomic mass is 35.5. The summed E-state index contributed by atoms with van der Waals surface area (Å²) in [5.74, 6) is -1.89. The zero-order chi connectivity index (χ0) is 20.1. The summed E-state index contributed by atoms with van der Waals surface area (Å²) in [6.07, 6.45) is 0. The Morgan fingerprint density at radius 3 is 2.54 bits per heavy atom. The van der Waals surface area contributed by atoms with Crippen LogP contribution in [0.1, 0.15) is 26.5 Å². The van der Waals surface area contributed by atoms with E-state index in [0.717, 1.165) is 11.6 Å². The molecule has 2 N–H and O–H groups in total. The number of nitrogens with zero attached hydrogens (tertiary/aromatic N) is 1. The fourth-order valence-corrected chi connectivity index (χ4v) is 2.66. The van der Waals surface area contributed by atoms with Gasteiger partial charge in [0.15, 0.2) is 5.76 Å². The first-order chi connectivity index (χ1) is 13.4. The van der Waals surface area contributed by atoms with E-state index in [1.165, 1.54) is 6.07 Å². The maximum absolute atomic E-state index is 12.5. The van der Waals surface area contributed by atoms with Crippen molar-refractivity contribution < 1.29 is 18.9 Å². The van der Waals surface area contributed by atoms with E-state index in [-0.39, 0.29) is 23.6 Å². The highest BCUT2D eigenvalue weighted by Crippen LogP contribution is 2.20. The van der Waals surface area contributed by atoms with Gasteiger partial charge in [-0.15, -0.1) is 0 Å². The molecule has 0 bridgehead atoms. The van der Waals surface area contributed by atoms with Gasteiger partial charge in [0.25, 0.3) is 11.8 Å². The second kappa shape index (κ2) is 8.36. The van der Waals surface area contributed by atoms with E-state index in [0.29, 0.717) is 5.02 Å². The molecule has 1 aromatic heterocycles. The number of nitrogens with one attached hydrogen (secondary N) is 2. The molecule has 0 aliphatic carbocycles. The third kappa shape index (κ3) is 4.54. The average Bonchev–Trinajstić information content (AvgIpc) is 3.17. The number of nitro groups is 1. The molecule has 28 heavy (non-hydrogen) atoms. The van der Waals surface area contributed by atoms with E-state index in [9.17, 15) is 19.7 Å². The lowest BCUT2D eigenvalue weighted by Gasteiger charge is -2.11. The summed E-state index contributed by atoms with van der Waals surface area (Å²) in [6, 6.07) is 15.7. The molecule has 0 aliphatic heterocycles. The van der Waals surface area contributed by atoms with E-state index < -0.39 is 22.6 Å². The van der Waals surface area contributed by atoms with Crippen LogP contribution in [-0.2, 0) is 6.54 Å². The minimum absolute atomic E-state index is 0.235. The number of halogens is 1. The largest absolute Gasteiger partial charge is 0.433 e. The molecule has 2 amide bonds. The molecule has 0 unspecified atom stereocenters. The summed E-state index contributed by atoms with van der Waals surface area (Å²) >= 11 is 5.93. The average molecular weight is 400 g/mol. The number of furan rings is 1. The second-order valence-electron chi connectivity index (χ2n) is 5.71. The summed E-state index contributed by atoms with van der Waals surface area (Å²) in [6.45, 7) is 0.256. The number of benzene rings is 2. The van der Waals surface area contributed by atoms with E-state index in [4.69, 9.17) is 16.0 Å². The molecule has 0 spiro atoms. The van der Waals surface area contributed by atoms with Crippen molar-refractivity contribution in [3.8, 4) is 0 Å². The Morgan fingerprint density at radius 1 is 1.04 bits per heavy atom. The topological polar surface area (TPSA) is 114 Å². The van der Waals surface area contributed by atoms with Gasteiger partial charge in [0.05, 0.1) is 17.3 Å². The number of hydrogen-bond acceptors (Lipinski definition) is 5. The Bertz CT molecular complexity index is 1050. The summed E-state index contributed by atoms with van der Waals surface area (Å²) in [5, 5.41) is 16.5. The zero-order valence-electron chi connectivity index (χ0n) is 14.3. The molecule has 0 aliphatic rings. The molecular formula is C19H14ClN3O5. The number of carbonyl (C=O) groups excluding carboxylic acids is 2. The molecule has 2 aromatic carbocycles. The van der Waals surface area contributed by atoms with Crippen molar-refractivity contribution >= 4 is 35.0 Å². The molecule has 0 saturated carbocycles. The Hall–Kier alpha value is -3.65. The first-order valence-electron chi connectivity index (χ1n) is 8.11. The lowest BCUT2D eigenvalue weighted by molar-refractivity contribution is -0.402. The predicted octanol–water partition coefficient (Wildman–Crippen LogP) is 4.02. The molecule has 3 rings (SSSR count). The molecule has 1 heterocycles. The number of para-hydroxylation sites is 1. The van der Waals surface area contributed by atoms with Crippen LogP contribution in [0.15, 0.2) is 65.1 Å². The minimum Gasteiger partial charge on any atom is -0.395 e. The first-order valence-corrected chi connectivity index (χ1v) is 8.49. The van der Waals surface area contributed by atoms with Gasteiger partial charge in [-0.05, 0) is 35.9 Å². The summed E-state index contributed by atoms with van der Waals surface area (Å²) < 4.78 is 4.87. The van der Waals surface area contributed by atoms with Gasteiger partial charge < -0.3 is 15.1 Å². The third-order valence-corrected chi connectivity index (χ3v) is 3.99. The Labute approximate surface area is 164 Å². The maximum atomic E-state index is 12.5. The Balaban J connectivity index is 1.72. The molecule has 0 atom stereocenters. The monoisotopic (exact) mass is 399 g/mol. The zero-order valence-corrected chi connectivity index (χ0v) is 15.1. The fourth-order valence-electron chi connectivity index (χ4n) is 2.45. The van der Waals surface area contributed by atoms with Gasteiger partial charge in [0, 0.05) is 11.6 Å². The van der Waals surface area contributed by atoms with Crippen molar-refractivity contribution in [1.82, 2.24) is 5.32 Å². The lowest BCUT2D eigenvalue weighted by Crippen LogP contribution is -2.24. The standard InChI is InChI=1S/C19H14ClN3O5/c20-13-5-3-4-12(10-13)11-21-18(24)14-6-1-2-7-15(14)22-19(25)16-8-9-17(28-16)23(26)27/h1-10H,11H2,(H,21,24)(H,22,25). The van der Waals surface area contributed by atoms with Gasteiger partial charge >= 0.3 is 5.88 Å². The smallest absolute Gasteiger partial charge is 0.395 e. The first kappa shape index (κ1) is 19.1. The van der Waals surface area contributed by atoms with Gasteiger partial charge in [-0.2, -0.15) is 0 Å². The maximum Gasteiger partial charge on any atom is 0.433 e. The van der Waals surface area contributed by atoms with Crippen LogP contribution in [-0.4, -0.2) is 16.7 Å². The highest BCUT2D eigenvalue weighted by molar-refractivity contribution is 6.30. The minimum atomic E-state index is -0.742. The van der Waals surface area contributed by atoms with Crippen molar-refractivity contribution in [2.45, 2.75) is 6.54 Å². The third-order valence-electron chi connectivity index (χ3n) is 3.76. The predicted molar refractivity (Wildman–Crippen MR) is 102 cm³/mol. The SMILES string of the molecule is O=C(Nc1ccccc1C(=O)NCc1cccc(Cl)c1)c1ccc([N+](=O)[O-])o1. The van der Waals surface area contributed by atoms with Crippen molar-refractivity contribution in [3.63, 3.8) is 0 Å². The van der Waals surface area contributed by atoms with Crippen LogP contribution in [0.4, 0.5) is 11.6 Å². The van der Waals surface area contributed by atoms with E-state index in [1.54, 1.807) is 42.5 Å². The number of amides is 2. The van der Waals surface area contributed by atoms with Crippen LogP contribution in [0.2, 0.25) is 5.02 Å². The molecule has 142 valence electrons. The number of rotatable bonds is 6. The van der Waals surface area contributed by atoms with Crippen molar-refractivity contribution in [3.05, 3.63) is 92.7 Å². The summed E-state index contributed by atoms with van der Waals surface area (Å²) in [5.41, 5.74) is 1.30. The van der Waals surface area contributed by atoms with Crippen LogP contribution in [0.3, 0.4) is 0 Å². The molecule has 0 radical (unpaired) electrons. The molecule has 8 nitrogen and oxygen atoms in total. The van der Waals surface area contributed by atoms with Crippen molar-refractivity contribution in [1.29, 1.82) is 0 Å². The van der Waals surface area contributed by atoms with Crippen LogP contribution < -0.4 is 10.6 Å². The highest BCUT2D eigenvalue weighted by Gasteiger charge is 2.19. The molecule has 9 heteroatoms. The number of carbonyl (C=O) groups is 2. The van der Waals surface area contributed by atoms with E-state index in [1.807, 2.05) is 6.07 Å². The van der Waals surface area contributed by atoms with Gasteiger partial charge in [0.2, 0.25) is 0 Å². The lowest BCUT2D eigenvalue weighted by atomic mass is 10.1. The van der Waals surface area contributed by atoms with E-state index in [2.05, 4.69) is 10.6 Å².